The lowest BCUT2D eigenvalue weighted by molar-refractivity contribution is -0.115. The van der Waals surface area contributed by atoms with Crippen LogP contribution >= 0.6 is 15.9 Å². The number of hydrogen-bond acceptors (Lipinski definition) is 3. The molecule has 0 aromatic heterocycles. The highest BCUT2D eigenvalue weighted by Crippen LogP contribution is 2.34. The first kappa shape index (κ1) is 14.8. The van der Waals surface area contributed by atoms with Crippen molar-refractivity contribution in [3.05, 3.63) is 58.1 Å². The molecule has 0 bridgehead atoms. The van der Waals surface area contributed by atoms with Crippen molar-refractivity contribution in [2.75, 3.05) is 16.8 Å². The second-order valence-electron chi connectivity index (χ2n) is 5.16. The number of nitrogens with zero attached hydrogens (tertiary/aromatic N) is 1. The Bertz CT molecular complexity index is 758. The van der Waals surface area contributed by atoms with Crippen molar-refractivity contribution in [1.82, 2.24) is 0 Å². The number of para-hydroxylation sites is 1. The summed E-state index contributed by atoms with van der Waals surface area (Å²) < 4.78 is 0.804. The van der Waals surface area contributed by atoms with Crippen LogP contribution in [-0.4, -0.2) is 18.4 Å². The largest absolute Gasteiger partial charge is 0.383 e. The van der Waals surface area contributed by atoms with E-state index in [1.807, 2.05) is 18.2 Å². The minimum atomic E-state index is -0.323. The predicted molar refractivity (Wildman–Crippen MR) is 90.3 cm³/mol. The molecule has 112 valence electrons. The topological polar surface area (TPSA) is 49.4 Å². The summed E-state index contributed by atoms with van der Waals surface area (Å²) in [5, 5.41) is 3.27. The Kier molecular flexibility index (Phi) is 3.98. The highest BCUT2D eigenvalue weighted by Gasteiger charge is 2.26. The van der Waals surface area contributed by atoms with Gasteiger partial charge in [-0.1, -0.05) is 34.1 Å². The van der Waals surface area contributed by atoms with Crippen molar-refractivity contribution in [3.8, 4) is 0 Å². The number of amides is 2. The van der Waals surface area contributed by atoms with Gasteiger partial charge in [-0.15, -0.1) is 0 Å². The van der Waals surface area contributed by atoms with Crippen LogP contribution in [0.4, 0.5) is 11.4 Å². The lowest BCUT2D eigenvalue weighted by Crippen LogP contribution is -2.35. The molecule has 0 radical (unpaired) electrons. The Hall–Kier alpha value is -2.14. The van der Waals surface area contributed by atoms with Gasteiger partial charge in [-0.25, -0.2) is 4.90 Å². The summed E-state index contributed by atoms with van der Waals surface area (Å²) in [6.07, 6.45) is 0.903. The minimum absolute atomic E-state index is 0.299. The number of carbonyl (C=O) groups excluding carboxylic acids is 2. The number of carbonyl (C=O) groups is 2. The van der Waals surface area contributed by atoms with Gasteiger partial charge in [0, 0.05) is 23.5 Å². The fourth-order valence-corrected chi connectivity index (χ4v) is 3.08. The van der Waals surface area contributed by atoms with E-state index >= 15 is 0 Å². The number of rotatable bonds is 2. The third-order valence-corrected chi connectivity index (χ3v) is 4.15. The van der Waals surface area contributed by atoms with Gasteiger partial charge in [0.2, 0.25) is 5.91 Å². The first-order valence-corrected chi connectivity index (χ1v) is 7.83. The van der Waals surface area contributed by atoms with Gasteiger partial charge in [0.05, 0.1) is 11.4 Å². The maximum atomic E-state index is 12.8. The molecular weight excluding hydrogens is 344 g/mol. The Balaban J connectivity index is 2.06. The molecule has 3 rings (SSSR count). The highest BCUT2D eigenvalue weighted by atomic mass is 79.9. The van der Waals surface area contributed by atoms with E-state index in [4.69, 9.17) is 0 Å². The molecule has 0 saturated heterocycles. The second-order valence-corrected chi connectivity index (χ2v) is 6.07. The van der Waals surface area contributed by atoms with Crippen molar-refractivity contribution in [1.29, 1.82) is 0 Å². The summed E-state index contributed by atoms with van der Waals surface area (Å²) in [4.78, 5) is 26.1. The van der Waals surface area contributed by atoms with Crippen LogP contribution in [0, 0.1) is 0 Å². The zero-order chi connectivity index (χ0) is 15.7. The van der Waals surface area contributed by atoms with E-state index in [0.717, 1.165) is 28.7 Å². The van der Waals surface area contributed by atoms with Crippen molar-refractivity contribution < 1.29 is 9.59 Å². The summed E-state index contributed by atoms with van der Waals surface area (Å²) in [6.45, 7) is 2.23. The molecular formula is C17H15BrN2O2. The van der Waals surface area contributed by atoms with Crippen LogP contribution < -0.4 is 10.2 Å². The number of fused-ring (bicyclic) bond motifs is 1. The number of hydrogen-bond donors (Lipinski definition) is 1. The van der Waals surface area contributed by atoms with E-state index < -0.39 is 0 Å². The van der Waals surface area contributed by atoms with E-state index in [-0.39, 0.29) is 11.8 Å². The van der Waals surface area contributed by atoms with Gasteiger partial charge in [-0.05, 0) is 36.2 Å². The Morgan fingerprint density at radius 1 is 1.18 bits per heavy atom. The first-order valence-electron chi connectivity index (χ1n) is 7.04. The Morgan fingerprint density at radius 3 is 2.68 bits per heavy atom. The summed E-state index contributed by atoms with van der Waals surface area (Å²) in [5.74, 6) is -0.622. The molecule has 0 saturated carbocycles. The van der Waals surface area contributed by atoms with E-state index in [2.05, 4.69) is 21.2 Å². The molecule has 1 N–H and O–H groups in total. The molecule has 0 fully saturated rings. The Labute approximate surface area is 137 Å². The highest BCUT2D eigenvalue weighted by molar-refractivity contribution is 9.10. The molecule has 1 heterocycles. The molecule has 2 aromatic carbocycles. The number of halogens is 1. The third kappa shape index (κ3) is 2.64. The van der Waals surface area contributed by atoms with Gasteiger partial charge < -0.3 is 5.32 Å². The second kappa shape index (κ2) is 5.93. The van der Waals surface area contributed by atoms with E-state index in [1.54, 1.807) is 24.3 Å². The molecule has 5 heteroatoms. The molecule has 2 amide bonds. The summed E-state index contributed by atoms with van der Waals surface area (Å²) in [5.41, 5.74) is 3.10. The van der Waals surface area contributed by atoms with Crippen molar-refractivity contribution in [2.24, 2.45) is 0 Å². The quantitative estimate of drug-likeness (QED) is 0.891. The smallest absolute Gasteiger partial charge is 0.265 e. The van der Waals surface area contributed by atoms with Crippen LogP contribution in [0.5, 0.6) is 0 Å². The number of nitrogens with one attached hydrogen (secondary N) is 1. The fraction of sp³-hybridized carbons (Fsp3) is 0.176. The molecule has 0 aliphatic carbocycles. The third-order valence-electron chi connectivity index (χ3n) is 3.66. The van der Waals surface area contributed by atoms with Gasteiger partial charge in [0.15, 0.2) is 0 Å². The molecule has 2 aromatic rings. The zero-order valence-corrected chi connectivity index (χ0v) is 13.7. The number of imide groups is 1. The standard InChI is InChI=1S/C17H15BrN2O2/c1-11(21)20(17(22)13-5-2-6-14(18)10-13)15-7-3-4-12-8-9-19-16(12)15/h2-7,10,19H,8-9H2,1H3. The van der Waals surface area contributed by atoms with E-state index in [9.17, 15) is 9.59 Å². The summed E-state index contributed by atoms with van der Waals surface area (Å²) >= 11 is 3.35. The van der Waals surface area contributed by atoms with E-state index in [1.165, 1.54) is 11.8 Å². The van der Waals surface area contributed by atoms with Crippen LogP contribution in [0.25, 0.3) is 0 Å². The van der Waals surface area contributed by atoms with Crippen molar-refractivity contribution in [3.63, 3.8) is 0 Å². The first-order chi connectivity index (χ1) is 10.6. The van der Waals surface area contributed by atoms with Crippen LogP contribution in [0.15, 0.2) is 46.9 Å². The molecule has 0 atom stereocenters. The Morgan fingerprint density at radius 2 is 1.95 bits per heavy atom. The average Bonchev–Trinajstić information content (AvgIpc) is 2.96. The molecule has 1 aliphatic heterocycles. The molecule has 0 spiro atoms. The number of benzene rings is 2. The maximum absolute atomic E-state index is 12.8. The molecule has 4 nitrogen and oxygen atoms in total. The summed E-state index contributed by atoms with van der Waals surface area (Å²) in [7, 11) is 0. The molecule has 0 unspecified atom stereocenters. The molecule has 1 aliphatic rings. The lowest BCUT2D eigenvalue weighted by atomic mass is 10.1. The van der Waals surface area contributed by atoms with Crippen molar-refractivity contribution in [2.45, 2.75) is 13.3 Å². The normalized spacial score (nSPS) is 12.5. The van der Waals surface area contributed by atoms with Gasteiger partial charge in [0.25, 0.3) is 5.91 Å². The SMILES string of the molecule is CC(=O)N(C(=O)c1cccc(Br)c1)c1cccc2c1NCC2. The van der Waals surface area contributed by atoms with Gasteiger partial charge in [0.1, 0.15) is 0 Å². The van der Waals surface area contributed by atoms with E-state index in [0.29, 0.717) is 11.3 Å². The van der Waals surface area contributed by atoms with Crippen LogP contribution in [0.1, 0.15) is 22.8 Å². The lowest BCUT2D eigenvalue weighted by Gasteiger charge is -2.22. The molecule has 22 heavy (non-hydrogen) atoms. The monoisotopic (exact) mass is 358 g/mol. The van der Waals surface area contributed by atoms with Crippen molar-refractivity contribution >= 4 is 39.1 Å². The predicted octanol–water partition coefficient (Wildman–Crippen LogP) is 3.61. The van der Waals surface area contributed by atoms with Gasteiger partial charge in [-0.3, -0.25) is 9.59 Å². The van der Waals surface area contributed by atoms with Gasteiger partial charge >= 0.3 is 0 Å². The van der Waals surface area contributed by atoms with Crippen LogP contribution in [0.3, 0.4) is 0 Å². The fourth-order valence-electron chi connectivity index (χ4n) is 2.68. The van der Waals surface area contributed by atoms with Gasteiger partial charge in [-0.2, -0.15) is 0 Å². The average molecular weight is 359 g/mol. The summed E-state index contributed by atoms with van der Waals surface area (Å²) in [6, 6.07) is 12.7. The van der Waals surface area contributed by atoms with Crippen LogP contribution in [-0.2, 0) is 11.2 Å². The maximum Gasteiger partial charge on any atom is 0.265 e. The zero-order valence-electron chi connectivity index (χ0n) is 12.1. The minimum Gasteiger partial charge on any atom is -0.383 e. The van der Waals surface area contributed by atoms with Crippen LogP contribution in [0.2, 0.25) is 0 Å². The number of anilines is 2.